The highest BCUT2D eigenvalue weighted by Crippen LogP contribution is 2.04. The molecule has 5 heteroatoms. The van der Waals surface area contributed by atoms with E-state index in [1.807, 2.05) is 42.2 Å². The van der Waals surface area contributed by atoms with Gasteiger partial charge in [-0.1, -0.05) is 18.2 Å². The van der Waals surface area contributed by atoms with Gasteiger partial charge >= 0.3 is 0 Å². The van der Waals surface area contributed by atoms with Crippen LogP contribution in [0, 0.1) is 0 Å². The summed E-state index contributed by atoms with van der Waals surface area (Å²) >= 11 is 0. The maximum absolute atomic E-state index is 12.2. The van der Waals surface area contributed by atoms with Crippen LogP contribution in [0.25, 0.3) is 0 Å². The number of carbonyl (C=O) groups is 2. The van der Waals surface area contributed by atoms with Crippen molar-refractivity contribution < 1.29 is 14.5 Å². The number of primary amides is 1. The van der Waals surface area contributed by atoms with Crippen molar-refractivity contribution in [1.82, 2.24) is 4.90 Å². The molecule has 0 unspecified atom stereocenters. The molecule has 3 N–H and O–H groups in total. The fraction of sp³-hybridized carbons (Fsp3) is 0.429. The summed E-state index contributed by atoms with van der Waals surface area (Å²) in [6, 6.07) is 9.09. The van der Waals surface area contributed by atoms with Crippen LogP contribution in [0.15, 0.2) is 30.3 Å². The minimum atomic E-state index is -0.280. The largest absolute Gasteiger partial charge is 0.365 e. The molecule has 1 fully saturated rings. The first-order valence-electron chi connectivity index (χ1n) is 6.58. The predicted molar refractivity (Wildman–Crippen MR) is 71.7 cm³/mol. The Morgan fingerprint density at radius 1 is 1.21 bits per heavy atom. The van der Waals surface area contributed by atoms with Crippen molar-refractivity contribution in [1.29, 1.82) is 0 Å². The number of nitrogens with one attached hydrogen (secondary N) is 1. The third-order valence-corrected chi connectivity index (χ3v) is 3.75. The second kappa shape index (κ2) is 5.84. The van der Waals surface area contributed by atoms with Crippen molar-refractivity contribution in [2.45, 2.75) is 13.0 Å². The highest BCUT2D eigenvalue weighted by Gasteiger charge is 2.29. The first-order chi connectivity index (χ1) is 9.09. The Hall–Kier alpha value is -1.88. The first kappa shape index (κ1) is 13.5. The van der Waals surface area contributed by atoms with Crippen molar-refractivity contribution in [2.24, 2.45) is 5.73 Å². The molecule has 1 aliphatic heterocycles. The molecule has 0 radical (unpaired) electrons. The molecular weight excluding hydrogens is 242 g/mol. The Kier molecular flexibility index (Phi) is 4.16. The summed E-state index contributed by atoms with van der Waals surface area (Å²) < 4.78 is 0. The maximum atomic E-state index is 12.2. The molecular formula is C14H20N3O2+. The Bertz CT molecular complexity index is 453. The van der Waals surface area contributed by atoms with E-state index < -0.39 is 0 Å². The number of piperazine rings is 1. The highest BCUT2D eigenvalue weighted by molar-refractivity contribution is 5.94. The lowest BCUT2D eigenvalue weighted by atomic mass is 10.1. The molecule has 0 bridgehead atoms. The van der Waals surface area contributed by atoms with Gasteiger partial charge in [0.25, 0.3) is 11.8 Å². The molecule has 0 spiro atoms. The Labute approximate surface area is 113 Å². The van der Waals surface area contributed by atoms with Crippen molar-refractivity contribution in [2.75, 3.05) is 26.2 Å². The molecule has 2 rings (SSSR count). The summed E-state index contributed by atoms with van der Waals surface area (Å²) in [5.74, 6) is -0.218. The highest BCUT2D eigenvalue weighted by atomic mass is 16.2. The third-order valence-electron chi connectivity index (χ3n) is 3.75. The SMILES string of the molecule is C[C@@H](C(N)=O)[NH+]1CCN(C(=O)c2ccccc2)CC1. The molecule has 2 amide bonds. The van der Waals surface area contributed by atoms with E-state index in [1.165, 1.54) is 0 Å². The van der Waals surface area contributed by atoms with E-state index in [-0.39, 0.29) is 17.9 Å². The van der Waals surface area contributed by atoms with Crippen LogP contribution in [0.4, 0.5) is 0 Å². The summed E-state index contributed by atoms with van der Waals surface area (Å²) in [5, 5.41) is 0. The molecule has 1 saturated heterocycles. The van der Waals surface area contributed by atoms with E-state index in [4.69, 9.17) is 5.73 Å². The summed E-state index contributed by atoms with van der Waals surface area (Å²) in [6.45, 7) is 4.71. The van der Waals surface area contributed by atoms with Gasteiger partial charge in [0.15, 0.2) is 6.04 Å². The van der Waals surface area contributed by atoms with Crippen LogP contribution in [0.3, 0.4) is 0 Å². The van der Waals surface area contributed by atoms with Crippen LogP contribution >= 0.6 is 0 Å². The average molecular weight is 262 g/mol. The molecule has 1 aromatic rings. The van der Waals surface area contributed by atoms with E-state index in [0.717, 1.165) is 18.0 Å². The van der Waals surface area contributed by atoms with Crippen LogP contribution in [-0.2, 0) is 4.79 Å². The summed E-state index contributed by atoms with van der Waals surface area (Å²) in [5.41, 5.74) is 6.03. The third kappa shape index (κ3) is 3.12. The van der Waals surface area contributed by atoms with Crippen LogP contribution < -0.4 is 10.6 Å². The Morgan fingerprint density at radius 3 is 2.32 bits per heavy atom. The molecule has 0 aliphatic carbocycles. The number of rotatable bonds is 3. The zero-order valence-corrected chi connectivity index (χ0v) is 11.1. The van der Waals surface area contributed by atoms with E-state index in [9.17, 15) is 9.59 Å². The maximum Gasteiger partial charge on any atom is 0.275 e. The monoisotopic (exact) mass is 262 g/mol. The summed E-state index contributed by atoms with van der Waals surface area (Å²) in [7, 11) is 0. The number of amides is 2. The summed E-state index contributed by atoms with van der Waals surface area (Å²) in [6.07, 6.45) is 0. The predicted octanol–water partition coefficient (Wildman–Crippen LogP) is -1.10. The van der Waals surface area contributed by atoms with Gasteiger partial charge in [-0.15, -0.1) is 0 Å². The quantitative estimate of drug-likeness (QED) is 0.726. The zero-order chi connectivity index (χ0) is 13.8. The lowest BCUT2D eigenvalue weighted by Gasteiger charge is -2.34. The van der Waals surface area contributed by atoms with Gasteiger partial charge in [0.2, 0.25) is 0 Å². The number of hydrogen-bond donors (Lipinski definition) is 2. The van der Waals surface area contributed by atoms with Gasteiger partial charge in [0.1, 0.15) is 0 Å². The first-order valence-corrected chi connectivity index (χ1v) is 6.58. The van der Waals surface area contributed by atoms with Crippen LogP contribution in [0.5, 0.6) is 0 Å². The Morgan fingerprint density at radius 2 is 1.79 bits per heavy atom. The average Bonchev–Trinajstić information content (AvgIpc) is 2.46. The molecule has 102 valence electrons. The fourth-order valence-corrected chi connectivity index (χ4v) is 2.39. The number of nitrogens with zero attached hydrogens (tertiary/aromatic N) is 1. The van der Waals surface area contributed by atoms with Gasteiger partial charge in [0, 0.05) is 5.56 Å². The minimum Gasteiger partial charge on any atom is -0.365 e. The second-order valence-electron chi connectivity index (χ2n) is 4.94. The molecule has 1 aromatic carbocycles. The van der Waals surface area contributed by atoms with Crippen LogP contribution in [0.2, 0.25) is 0 Å². The van der Waals surface area contributed by atoms with Crippen molar-refractivity contribution in [3.05, 3.63) is 35.9 Å². The molecule has 0 aromatic heterocycles. The number of hydrogen-bond acceptors (Lipinski definition) is 2. The smallest absolute Gasteiger partial charge is 0.275 e. The zero-order valence-electron chi connectivity index (χ0n) is 11.1. The number of benzene rings is 1. The number of quaternary nitrogens is 1. The Balaban J connectivity index is 1.93. The van der Waals surface area contributed by atoms with Gasteiger partial charge < -0.3 is 15.5 Å². The van der Waals surface area contributed by atoms with Gasteiger partial charge in [-0.05, 0) is 19.1 Å². The van der Waals surface area contributed by atoms with E-state index >= 15 is 0 Å². The standard InChI is InChI=1S/C14H19N3O2/c1-11(13(15)18)16-7-9-17(10-8-16)14(19)12-5-3-2-4-6-12/h2-6,11H,7-10H2,1H3,(H2,15,18)/p+1/t11-/m0/s1. The second-order valence-corrected chi connectivity index (χ2v) is 4.94. The van der Waals surface area contributed by atoms with Gasteiger partial charge in [-0.2, -0.15) is 0 Å². The number of carbonyl (C=O) groups excluding carboxylic acids is 2. The molecule has 0 saturated carbocycles. The lowest BCUT2D eigenvalue weighted by molar-refractivity contribution is -0.917. The van der Waals surface area contributed by atoms with E-state index in [1.54, 1.807) is 0 Å². The number of nitrogens with two attached hydrogens (primary N) is 1. The normalized spacial score (nSPS) is 18.1. The fourth-order valence-electron chi connectivity index (χ4n) is 2.39. The van der Waals surface area contributed by atoms with Crippen molar-refractivity contribution in [3.63, 3.8) is 0 Å². The van der Waals surface area contributed by atoms with Crippen LogP contribution in [-0.4, -0.2) is 48.9 Å². The van der Waals surface area contributed by atoms with Crippen molar-refractivity contribution >= 4 is 11.8 Å². The van der Waals surface area contributed by atoms with Crippen molar-refractivity contribution in [3.8, 4) is 0 Å². The van der Waals surface area contributed by atoms with Crippen LogP contribution in [0.1, 0.15) is 17.3 Å². The minimum absolute atomic E-state index is 0.0615. The molecule has 1 aliphatic rings. The molecule has 5 nitrogen and oxygen atoms in total. The lowest BCUT2D eigenvalue weighted by Crippen LogP contribution is -3.19. The topological polar surface area (TPSA) is 67.8 Å². The van der Waals surface area contributed by atoms with Gasteiger partial charge in [-0.3, -0.25) is 9.59 Å². The molecule has 1 heterocycles. The summed E-state index contributed by atoms with van der Waals surface area (Å²) in [4.78, 5) is 26.4. The van der Waals surface area contributed by atoms with Gasteiger partial charge in [0.05, 0.1) is 26.2 Å². The van der Waals surface area contributed by atoms with E-state index in [0.29, 0.717) is 18.7 Å². The van der Waals surface area contributed by atoms with E-state index in [2.05, 4.69) is 0 Å². The molecule has 19 heavy (non-hydrogen) atoms. The molecule has 1 atom stereocenters. The van der Waals surface area contributed by atoms with Gasteiger partial charge in [-0.25, -0.2) is 0 Å².